The molecular formula is C24H16Br2N2O4. The standard InChI is InChI=1S/C24H16Br2N2O4/c25-15-4-6-17(7-5-15)30-13-22(29)31-18-8-9-19-21(11-18)32-24(28)20(12-27)23(19)14-2-1-3-16(26)10-14/h1-11,23H,13,28H2. The van der Waals surface area contributed by atoms with Crippen LogP contribution in [0.1, 0.15) is 17.0 Å². The minimum atomic E-state index is -0.562. The number of hydrogen-bond donors (Lipinski definition) is 1. The van der Waals surface area contributed by atoms with Crippen molar-refractivity contribution in [3.8, 4) is 23.3 Å². The summed E-state index contributed by atoms with van der Waals surface area (Å²) in [6.07, 6.45) is 0. The topological polar surface area (TPSA) is 94.6 Å². The molecule has 0 aliphatic carbocycles. The van der Waals surface area contributed by atoms with E-state index in [1.165, 1.54) is 0 Å². The quantitative estimate of drug-likeness (QED) is 0.334. The van der Waals surface area contributed by atoms with E-state index in [0.717, 1.165) is 20.1 Å². The Morgan fingerprint density at radius 3 is 2.50 bits per heavy atom. The third kappa shape index (κ3) is 4.79. The zero-order chi connectivity index (χ0) is 22.7. The SMILES string of the molecule is N#CC1=C(N)Oc2cc(OC(=O)COc3ccc(Br)cc3)ccc2C1c1cccc(Br)c1. The van der Waals surface area contributed by atoms with Gasteiger partial charge in [0.25, 0.3) is 0 Å². The summed E-state index contributed by atoms with van der Waals surface area (Å²) in [5.41, 5.74) is 7.99. The molecule has 1 aliphatic rings. The van der Waals surface area contributed by atoms with Crippen molar-refractivity contribution < 1.29 is 19.0 Å². The summed E-state index contributed by atoms with van der Waals surface area (Å²) < 4.78 is 18.3. The first kappa shape index (κ1) is 21.9. The van der Waals surface area contributed by atoms with Crippen molar-refractivity contribution in [2.45, 2.75) is 5.92 Å². The number of carbonyl (C=O) groups is 1. The zero-order valence-corrected chi connectivity index (χ0v) is 19.7. The maximum atomic E-state index is 12.2. The highest BCUT2D eigenvalue weighted by atomic mass is 79.9. The Balaban J connectivity index is 1.54. The summed E-state index contributed by atoms with van der Waals surface area (Å²) in [6.45, 7) is -0.249. The summed E-state index contributed by atoms with van der Waals surface area (Å²) in [5.74, 6) is 0.324. The largest absolute Gasteiger partial charge is 0.482 e. The summed E-state index contributed by atoms with van der Waals surface area (Å²) in [5, 5.41) is 9.66. The number of hydrogen-bond acceptors (Lipinski definition) is 6. The lowest BCUT2D eigenvalue weighted by Gasteiger charge is -2.26. The molecule has 0 fully saturated rings. The van der Waals surface area contributed by atoms with Crippen molar-refractivity contribution in [2.24, 2.45) is 5.73 Å². The Hall–Kier alpha value is -3.28. The van der Waals surface area contributed by atoms with Gasteiger partial charge in [-0.2, -0.15) is 5.26 Å². The molecule has 4 rings (SSSR count). The van der Waals surface area contributed by atoms with Gasteiger partial charge in [0, 0.05) is 20.6 Å². The van der Waals surface area contributed by atoms with E-state index in [0.29, 0.717) is 17.1 Å². The van der Waals surface area contributed by atoms with Crippen LogP contribution < -0.4 is 19.9 Å². The second kappa shape index (κ2) is 9.47. The van der Waals surface area contributed by atoms with Gasteiger partial charge in [-0.1, -0.05) is 50.1 Å². The third-order valence-electron chi connectivity index (χ3n) is 4.77. The van der Waals surface area contributed by atoms with Gasteiger partial charge in [-0.15, -0.1) is 0 Å². The van der Waals surface area contributed by atoms with Crippen LogP contribution in [0.4, 0.5) is 0 Å². The molecule has 0 saturated carbocycles. The fraction of sp³-hybridized carbons (Fsp3) is 0.0833. The number of benzene rings is 3. The average Bonchev–Trinajstić information content (AvgIpc) is 2.77. The Bertz CT molecular complexity index is 1250. The van der Waals surface area contributed by atoms with Gasteiger partial charge < -0.3 is 19.9 Å². The molecule has 160 valence electrons. The van der Waals surface area contributed by atoms with Crippen LogP contribution >= 0.6 is 31.9 Å². The minimum absolute atomic E-state index is 0.0204. The van der Waals surface area contributed by atoms with Gasteiger partial charge in [0.05, 0.1) is 5.92 Å². The highest BCUT2D eigenvalue weighted by Gasteiger charge is 2.31. The van der Waals surface area contributed by atoms with Crippen molar-refractivity contribution in [3.63, 3.8) is 0 Å². The lowest BCUT2D eigenvalue weighted by molar-refractivity contribution is -0.136. The van der Waals surface area contributed by atoms with E-state index in [1.54, 1.807) is 30.3 Å². The van der Waals surface area contributed by atoms with Gasteiger partial charge >= 0.3 is 5.97 Å². The number of nitrogens with zero attached hydrogens (tertiary/aromatic N) is 1. The number of allylic oxidation sites excluding steroid dienone is 1. The number of carbonyl (C=O) groups excluding carboxylic acids is 1. The molecule has 8 heteroatoms. The third-order valence-corrected chi connectivity index (χ3v) is 5.80. The molecule has 6 nitrogen and oxygen atoms in total. The van der Waals surface area contributed by atoms with E-state index in [-0.39, 0.29) is 18.2 Å². The molecule has 3 aromatic carbocycles. The molecule has 1 heterocycles. The summed E-state index contributed by atoms with van der Waals surface area (Å²) in [6, 6.07) is 21.9. The molecule has 0 saturated heterocycles. The maximum absolute atomic E-state index is 12.2. The predicted octanol–water partition coefficient (Wildman–Crippen LogP) is 5.41. The first-order chi connectivity index (χ1) is 15.4. The molecule has 0 spiro atoms. The molecule has 1 unspecified atom stereocenters. The van der Waals surface area contributed by atoms with E-state index in [1.807, 2.05) is 36.4 Å². The number of nitriles is 1. The van der Waals surface area contributed by atoms with E-state index in [2.05, 4.69) is 37.9 Å². The van der Waals surface area contributed by atoms with Crippen LogP contribution in [-0.2, 0) is 4.79 Å². The Labute approximate surface area is 201 Å². The highest BCUT2D eigenvalue weighted by Crippen LogP contribution is 2.43. The lowest BCUT2D eigenvalue weighted by atomic mass is 9.83. The smallest absolute Gasteiger partial charge is 0.349 e. The summed E-state index contributed by atoms with van der Waals surface area (Å²) >= 11 is 6.81. The Morgan fingerprint density at radius 1 is 1.03 bits per heavy atom. The molecule has 2 N–H and O–H groups in total. The van der Waals surface area contributed by atoms with Crippen LogP contribution in [-0.4, -0.2) is 12.6 Å². The van der Waals surface area contributed by atoms with Gasteiger partial charge in [-0.25, -0.2) is 4.79 Å². The first-order valence-electron chi connectivity index (χ1n) is 9.50. The zero-order valence-electron chi connectivity index (χ0n) is 16.5. The van der Waals surface area contributed by atoms with E-state index < -0.39 is 11.9 Å². The normalized spacial score (nSPS) is 14.7. The molecule has 0 bridgehead atoms. The van der Waals surface area contributed by atoms with Crippen molar-refractivity contribution >= 4 is 37.8 Å². The predicted molar refractivity (Wildman–Crippen MR) is 125 cm³/mol. The van der Waals surface area contributed by atoms with Crippen LogP contribution in [0.2, 0.25) is 0 Å². The molecule has 0 aromatic heterocycles. The first-order valence-corrected chi connectivity index (χ1v) is 11.1. The fourth-order valence-electron chi connectivity index (χ4n) is 3.36. The number of nitrogens with two attached hydrogens (primary N) is 1. The summed E-state index contributed by atoms with van der Waals surface area (Å²) in [4.78, 5) is 12.2. The number of halogens is 2. The van der Waals surface area contributed by atoms with E-state index >= 15 is 0 Å². The molecule has 0 amide bonds. The number of fused-ring (bicyclic) bond motifs is 1. The summed E-state index contributed by atoms with van der Waals surface area (Å²) in [7, 11) is 0. The molecular weight excluding hydrogens is 540 g/mol. The molecule has 3 aromatic rings. The Kier molecular flexibility index (Phi) is 6.49. The van der Waals surface area contributed by atoms with Crippen LogP contribution in [0.25, 0.3) is 0 Å². The number of ether oxygens (including phenoxy) is 3. The van der Waals surface area contributed by atoms with Crippen LogP contribution in [0, 0.1) is 11.3 Å². The fourth-order valence-corrected chi connectivity index (χ4v) is 4.04. The van der Waals surface area contributed by atoms with Gasteiger partial charge in [0.1, 0.15) is 28.9 Å². The average molecular weight is 556 g/mol. The van der Waals surface area contributed by atoms with Gasteiger partial charge in [-0.3, -0.25) is 0 Å². The molecule has 1 atom stereocenters. The lowest BCUT2D eigenvalue weighted by Crippen LogP contribution is -2.21. The Morgan fingerprint density at radius 2 is 1.78 bits per heavy atom. The highest BCUT2D eigenvalue weighted by molar-refractivity contribution is 9.10. The van der Waals surface area contributed by atoms with Crippen LogP contribution in [0.15, 0.2) is 87.1 Å². The number of rotatable bonds is 5. The molecule has 0 radical (unpaired) electrons. The van der Waals surface area contributed by atoms with E-state index in [4.69, 9.17) is 19.9 Å². The van der Waals surface area contributed by atoms with Gasteiger partial charge in [0.15, 0.2) is 6.61 Å². The van der Waals surface area contributed by atoms with Crippen LogP contribution in [0.3, 0.4) is 0 Å². The van der Waals surface area contributed by atoms with Crippen molar-refractivity contribution in [2.75, 3.05) is 6.61 Å². The van der Waals surface area contributed by atoms with Gasteiger partial charge in [0.2, 0.25) is 5.88 Å². The van der Waals surface area contributed by atoms with Gasteiger partial charge in [-0.05, 0) is 48.0 Å². The molecule has 32 heavy (non-hydrogen) atoms. The van der Waals surface area contributed by atoms with Crippen molar-refractivity contribution in [1.82, 2.24) is 0 Å². The van der Waals surface area contributed by atoms with Crippen LogP contribution in [0.5, 0.6) is 17.2 Å². The monoisotopic (exact) mass is 554 g/mol. The van der Waals surface area contributed by atoms with Crippen molar-refractivity contribution in [1.29, 1.82) is 5.26 Å². The second-order valence-corrected chi connectivity index (χ2v) is 8.73. The molecule has 1 aliphatic heterocycles. The maximum Gasteiger partial charge on any atom is 0.349 e. The second-order valence-electron chi connectivity index (χ2n) is 6.90. The number of esters is 1. The van der Waals surface area contributed by atoms with Crippen molar-refractivity contribution in [3.05, 3.63) is 98.3 Å². The van der Waals surface area contributed by atoms with E-state index in [9.17, 15) is 10.1 Å². The minimum Gasteiger partial charge on any atom is -0.482 e.